The molecule has 2 aliphatic heterocycles. The van der Waals surface area contributed by atoms with Gasteiger partial charge in [-0.15, -0.1) is 24.8 Å². The summed E-state index contributed by atoms with van der Waals surface area (Å²) in [6.07, 6.45) is 1.80. The van der Waals surface area contributed by atoms with Crippen molar-refractivity contribution in [1.29, 1.82) is 0 Å². The Kier molecular flexibility index (Phi) is 6.05. The lowest BCUT2D eigenvalue weighted by Crippen LogP contribution is -2.26. The van der Waals surface area contributed by atoms with Crippen LogP contribution >= 0.6 is 24.8 Å². The summed E-state index contributed by atoms with van der Waals surface area (Å²) >= 11 is 0. The van der Waals surface area contributed by atoms with E-state index >= 15 is 0 Å². The first-order chi connectivity index (χ1) is 8.78. The number of carbonyl (C=O) groups excluding carboxylic acids is 1. The van der Waals surface area contributed by atoms with Gasteiger partial charge in [-0.1, -0.05) is 0 Å². The predicted molar refractivity (Wildman–Crippen MR) is 84.2 cm³/mol. The van der Waals surface area contributed by atoms with Gasteiger partial charge in [0.1, 0.15) is 5.69 Å². The maximum Gasteiger partial charge on any atom is 0.269 e. The van der Waals surface area contributed by atoms with Crippen LogP contribution in [-0.2, 0) is 0 Å². The number of pyridine rings is 1. The largest absolute Gasteiger partial charge is 0.370 e. The number of aromatic nitrogens is 1. The van der Waals surface area contributed by atoms with E-state index in [0.29, 0.717) is 5.69 Å². The smallest absolute Gasteiger partial charge is 0.269 e. The van der Waals surface area contributed by atoms with Crippen LogP contribution in [0.15, 0.2) is 18.3 Å². The van der Waals surface area contributed by atoms with E-state index in [2.05, 4.69) is 20.5 Å². The lowest BCUT2D eigenvalue weighted by Gasteiger charge is -2.19. The number of nitrogens with zero attached hydrogens (tertiary/aromatic N) is 2. The Balaban J connectivity index is 0.000001000. The minimum absolute atomic E-state index is 0. The molecule has 7 heteroatoms. The molecule has 20 heavy (non-hydrogen) atoms. The summed E-state index contributed by atoms with van der Waals surface area (Å²) < 4.78 is 0. The first kappa shape index (κ1) is 17.0. The number of hydrogen-bond acceptors (Lipinski definition) is 4. The molecule has 2 atom stereocenters. The number of rotatable bonds is 2. The second-order valence-electron chi connectivity index (χ2n) is 5.06. The van der Waals surface area contributed by atoms with Gasteiger partial charge >= 0.3 is 0 Å². The molecule has 1 aromatic heterocycles. The third-order valence-corrected chi connectivity index (χ3v) is 3.96. The summed E-state index contributed by atoms with van der Waals surface area (Å²) in [5.74, 6) is 1.40. The van der Waals surface area contributed by atoms with E-state index in [-0.39, 0.29) is 30.7 Å². The second-order valence-corrected chi connectivity index (χ2v) is 5.06. The summed E-state index contributed by atoms with van der Waals surface area (Å²) in [7, 11) is 1.62. The Morgan fingerprint density at radius 3 is 2.45 bits per heavy atom. The van der Waals surface area contributed by atoms with Crippen LogP contribution in [-0.4, -0.2) is 44.1 Å². The zero-order valence-electron chi connectivity index (χ0n) is 11.3. The van der Waals surface area contributed by atoms with E-state index in [1.54, 1.807) is 19.3 Å². The fourth-order valence-electron chi connectivity index (χ4n) is 2.90. The minimum atomic E-state index is -0.135. The van der Waals surface area contributed by atoms with Gasteiger partial charge in [0.25, 0.3) is 5.91 Å². The minimum Gasteiger partial charge on any atom is -0.370 e. The summed E-state index contributed by atoms with van der Waals surface area (Å²) in [5, 5.41) is 6.01. The second kappa shape index (κ2) is 7.11. The van der Waals surface area contributed by atoms with Crippen molar-refractivity contribution in [1.82, 2.24) is 15.6 Å². The Hall–Kier alpha value is -1.04. The van der Waals surface area contributed by atoms with Crippen LogP contribution < -0.4 is 15.5 Å². The van der Waals surface area contributed by atoms with Crippen molar-refractivity contribution < 1.29 is 4.79 Å². The molecular weight excluding hydrogens is 299 g/mol. The zero-order chi connectivity index (χ0) is 12.5. The number of anilines is 1. The Morgan fingerprint density at radius 2 is 1.95 bits per heavy atom. The van der Waals surface area contributed by atoms with Gasteiger partial charge in [0, 0.05) is 33.2 Å². The maximum atomic E-state index is 11.4. The highest BCUT2D eigenvalue weighted by Crippen LogP contribution is 2.29. The molecule has 112 valence electrons. The van der Waals surface area contributed by atoms with Gasteiger partial charge in [0.2, 0.25) is 0 Å². The zero-order valence-corrected chi connectivity index (χ0v) is 13.0. The molecule has 2 saturated heterocycles. The molecule has 0 bridgehead atoms. The van der Waals surface area contributed by atoms with Crippen LogP contribution in [0.3, 0.4) is 0 Å². The third kappa shape index (κ3) is 3.16. The number of hydrogen-bond donors (Lipinski definition) is 2. The summed E-state index contributed by atoms with van der Waals surface area (Å²) in [6.45, 7) is 4.45. The van der Waals surface area contributed by atoms with Crippen LogP contribution in [0.5, 0.6) is 0 Å². The highest BCUT2D eigenvalue weighted by atomic mass is 35.5. The van der Waals surface area contributed by atoms with E-state index in [4.69, 9.17) is 0 Å². The van der Waals surface area contributed by atoms with Gasteiger partial charge in [-0.25, -0.2) is 4.98 Å². The molecule has 2 fully saturated rings. The fourth-order valence-corrected chi connectivity index (χ4v) is 2.90. The Morgan fingerprint density at radius 1 is 1.30 bits per heavy atom. The molecular formula is C13H20Cl2N4O. The molecule has 1 aromatic rings. The first-order valence-corrected chi connectivity index (χ1v) is 6.41. The number of halogens is 2. The Bertz CT molecular complexity index is 442. The number of carbonyl (C=O) groups is 1. The van der Waals surface area contributed by atoms with Crippen molar-refractivity contribution >= 4 is 36.4 Å². The van der Waals surface area contributed by atoms with Gasteiger partial charge in [-0.05, 0) is 24.0 Å². The van der Waals surface area contributed by atoms with Crippen LogP contribution in [0, 0.1) is 11.8 Å². The maximum absolute atomic E-state index is 11.4. The third-order valence-electron chi connectivity index (χ3n) is 3.96. The van der Waals surface area contributed by atoms with E-state index in [1.165, 1.54) is 0 Å². The monoisotopic (exact) mass is 318 g/mol. The molecule has 0 spiro atoms. The van der Waals surface area contributed by atoms with Gasteiger partial charge < -0.3 is 15.5 Å². The average Bonchev–Trinajstić information content (AvgIpc) is 2.99. The van der Waals surface area contributed by atoms with E-state index in [0.717, 1.165) is 43.7 Å². The van der Waals surface area contributed by atoms with E-state index < -0.39 is 0 Å². The molecule has 0 saturated carbocycles. The molecule has 2 N–H and O–H groups in total. The fraction of sp³-hybridized carbons (Fsp3) is 0.538. The summed E-state index contributed by atoms with van der Waals surface area (Å²) in [4.78, 5) is 18.0. The predicted octanol–water partition coefficient (Wildman–Crippen LogP) is 0.940. The molecule has 2 unspecified atom stereocenters. The normalized spacial score (nSPS) is 23.6. The quantitative estimate of drug-likeness (QED) is 0.852. The van der Waals surface area contributed by atoms with Gasteiger partial charge in [0.15, 0.2) is 0 Å². The molecule has 1 amide bonds. The topological polar surface area (TPSA) is 57.3 Å². The van der Waals surface area contributed by atoms with Gasteiger partial charge in [-0.3, -0.25) is 4.79 Å². The highest BCUT2D eigenvalue weighted by molar-refractivity contribution is 5.92. The number of fused-ring (bicyclic) bond motifs is 1. The standard InChI is InChI=1S/C13H18N4O.2ClH/c1-14-13(18)12-3-2-11(6-16-12)17-7-9-4-15-5-10(9)8-17;;/h2-3,6,9-10,15H,4-5,7-8H2,1H3,(H,14,18);2*1H. The van der Waals surface area contributed by atoms with Crippen LogP contribution in [0.2, 0.25) is 0 Å². The van der Waals surface area contributed by atoms with Crippen molar-refractivity contribution in [2.24, 2.45) is 11.8 Å². The van der Waals surface area contributed by atoms with Crippen molar-refractivity contribution in [3.63, 3.8) is 0 Å². The highest BCUT2D eigenvalue weighted by Gasteiger charge is 2.36. The molecule has 3 heterocycles. The number of amides is 1. The SMILES string of the molecule is CNC(=O)c1ccc(N2CC3CNCC3C2)cn1.Cl.Cl. The lowest BCUT2D eigenvalue weighted by atomic mass is 10.0. The summed E-state index contributed by atoms with van der Waals surface area (Å²) in [6, 6.07) is 3.78. The molecule has 0 aliphatic carbocycles. The van der Waals surface area contributed by atoms with E-state index in [1.807, 2.05) is 6.07 Å². The van der Waals surface area contributed by atoms with Crippen LogP contribution in [0.4, 0.5) is 5.69 Å². The lowest BCUT2D eigenvalue weighted by molar-refractivity contribution is 0.0958. The number of nitrogens with one attached hydrogen (secondary N) is 2. The van der Waals surface area contributed by atoms with Gasteiger partial charge in [0.05, 0.1) is 11.9 Å². The molecule has 5 nitrogen and oxygen atoms in total. The van der Waals surface area contributed by atoms with Crippen LogP contribution in [0.25, 0.3) is 0 Å². The molecule has 0 radical (unpaired) electrons. The summed E-state index contributed by atoms with van der Waals surface area (Å²) in [5.41, 5.74) is 1.60. The molecule has 0 aromatic carbocycles. The van der Waals surface area contributed by atoms with Crippen molar-refractivity contribution in [2.75, 3.05) is 38.1 Å². The van der Waals surface area contributed by atoms with E-state index in [9.17, 15) is 4.79 Å². The van der Waals surface area contributed by atoms with Crippen LogP contribution in [0.1, 0.15) is 10.5 Å². The van der Waals surface area contributed by atoms with Gasteiger partial charge in [-0.2, -0.15) is 0 Å². The Labute approximate surface area is 131 Å². The molecule has 2 aliphatic rings. The van der Waals surface area contributed by atoms with Crippen molar-refractivity contribution in [3.05, 3.63) is 24.0 Å². The van der Waals surface area contributed by atoms with Crippen molar-refractivity contribution in [2.45, 2.75) is 0 Å². The first-order valence-electron chi connectivity index (χ1n) is 6.41. The average molecular weight is 319 g/mol. The molecule has 3 rings (SSSR count). The van der Waals surface area contributed by atoms with Crippen molar-refractivity contribution in [3.8, 4) is 0 Å².